The molecule has 2 aromatic carbocycles. The molecule has 1 N–H and O–H groups in total. The van der Waals surface area contributed by atoms with Gasteiger partial charge in [0.2, 0.25) is 0 Å². The molecule has 0 radical (unpaired) electrons. The van der Waals surface area contributed by atoms with Gasteiger partial charge in [0.1, 0.15) is 11.4 Å². The Balaban J connectivity index is 1.22. The number of nitrogens with zero attached hydrogens (tertiary/aromatic N) is 3. The highest BCUT2D eigenvalue weighted by molar-refractivity contribution is 5.41. The van der Waals surface area contributed by atoms with Crippen molar-refractivity contribution in [2.45, 2.75) is 63.5 Å². The third kappa shape index (κ3) is 3.76. The quantitative estimate of drug-likeness (QED) is 0.553. The lowest BCUT2D eigenvalue weighted by molar-refractivity contribution is -0.0647. The smallest absolute Gasteiger partial charge is 0.155 e. The summed E-state index contributed by atoms with van der Waals surface area (Å²) in [6.45, 7) is 2.95. The second-order valence-corrected chi connectivity index (χ2v) is 10.9. The topological polar surface area (TPSA) is 60.2 Å². The lowest BCUT2D eigenvalue weighted by Gasteiger charge is -2.52. The monoisotopic (exact) mass is 467 g/mol. The molecule has 2 fully saturated rings. The van der Waals surface area contributed by atoms with Crippen LogP contribution in [0.2, 0.25) is 0 Å². The number of rotatable bonds is 3. The van der Waals surface area contributed by atoms with Crippen LogP contribution in [0.5, 0.6) is 5.75 Å². The molecule has 5 atom stereocenters. The predicted molar refractivity (Wildman–Crippen MR) is 135 cm³/mol. The molecule has 0 saturated heterocycles. The van der Waals surface area contributed by atoms with Crippen molar-refractivity contribution in [1.82, 2.24) is 15.0 Å². The van der Waals surface area contributed by atoms with E-state index in [1.807, 2.05) is 29.1 Å². The van der Waals surface area contributed by atoms with E-state index in [0.717, 1.165) is 37.9 Å². The molecule has 0 aliphatic heterocycles. The summed E-state index contributed by atoms with van der Waals surface area (Å²) in [4.78, 5) is 0. The molecule has 35 heavy (non-hydrogen) atoms. The van der Waals surface area contributed by atoms with E-state index in [-0.39, 0.29) is 5.41 Å². The van der Waals surface area contributed by atoms with Gasteiger partial charge in [0, 0.05) is 5.41 Å². The Hall–Kier alpha value is -3.10. The number of benzene rings is 2. The van der Waals surface area contributed by atoms with Crippen molar-refractivity contribution >= 4 is 0 Å². The minimum absolute atomic E-state index is 0.189. The zero-order chi connectivity index (χ0) is 24.0. The van der Waals surface area contributed by atoms with Crippen LogP contribution in [0.25, 0.3) is 0 Å². The molecule has 1 unspecified atom stereocenters. The molecule has 3 aliphatic rings. The van der Waals surface area contributed by atoms with Gasteiger partial charge in [0.15, 0.2) is 5.69 Å². The molecule has 6 rings (SSSR count). The zero-order valence-corrected chi connectivity index (χ0v) is 20.6. The molecular formula is C30H33N3O2. The first kappa shape index (κ1) is 22.4. The summed E-state index contributed by atoms with van der Waals surface area (Å²) in [6, 6.07) is 16.8. The fourth-order valence-electron chi connectivity index (χ4n) is 7.28. The van der Waals surface area contributed by atoms with Crippen LogP contribution >= 0.6 is 0 Å². The Labute approximate surface area is 207 Å². The van der Waals surface area contributed by atoms with Gasteiger partial charge in [-0.05, 0) is 91.0 Å². The fraction of sp³-hybridized carbons (Fsp3) is 0.467. The number of aromatic nitrogens is 3. The van der Waals surface area contributed by atoms with Crippen LogP contribution in [-0.4, -0.2) is 32.8 Å². The lowest BCUT2D eigenvalue weighted by Crippen LogP contribution is -2.50. The lowest BCUT2D eigenvalue weighted by atomic mass is 9.53. The van der Waals surface area contributed by atoms with Gasteiger partial charge in [-0.1, -0.05) is 54.5 Å². The largest absolute Gasteiger partial charge is 0.497 e. The normalized spacial score (nSPS) is 31.0. The van der Waals surface area contributed by atoms with E-state index in [1.54, 1.807) is 7.11 Å². The van der Waals surface area contributed by atoms with Crippen molar-refractivity contribution in [3.8, 4) is 17.6 Å². The maximum absolute atomic E-state index is 11.9. The predicted octanol–water partition coefficient (Wildman–Crippen LogP) is 4.97. The number of ether oxygens (including phenoxy) is 1. The minimum Gasteiger partial charge on any atom is -0.497 e. The summed E-state index contributed by atoms with van der Waals surface area (Å²) < 4.78 is 7.27. The molecule has 3 aliphatic carbocycles. The van der Waals surface area contributed by atoms with Crippen molar-refractivity contribution in [2.75, 3.05) is 7.11 Å². The van der Waals surface area contributed by atoms with Crippen molar-refractivity contribution in [2.24, 2.45) is 17.3 Å². The average molecular weight is 468 g/mol. The van der Waals surface area contributed by atoms with E-state index in [9.17, 15) is 5.11 Å². The molecule has 0 amide bonds. The summed E-state index contributed by atoms with van der Waals surface area (Å²) in [5, 5.41) is 20.4. The van der Waals surface area contributed by atoms with Crippen molar-refractivity contribution in [3.63, 3.8) is 0 Å². The number of fused-ring (bicyclic) bond motifs is 5. The van der Waals surface area contributed by atoms with Crippen molar-refractivity contribution in [3.05, 3.63) is 77.1 Å². The van der Waals surface area contributed by atoms with Gasteiger partial charge in [-0.3, -0.25) is 0 Å². The van der Waals surface area contributed by atoms with Gasteiger partial charge in [-0.25, -0.2) is 4.68 Å². The van der Waals surface area contributed by atoms with E-state index < -0.39 is 5.60 Å². The van der Waals surface area contributed by atoms with E-state index >= 15 is 0 Å². The maximum Gasteiger partial charge on any atom is 0.155 e. The van der Waals surface area contributed by atoms with Gasteiger partial charge >= 0.3 is 0 Å². The van der Waals surface area contributed by atoms with E-state index in [2.05, 4.69) is 59.4 Å². The number of hydrogen-bond acceptors (Lipinski definition) is 4. The summed E-state index contributed by atoms with van der Waals surface area (Å²) in [5.74, 6) is 9.11. The highest BCUT2D eigenvalue weighted by Gasteiger charge is 2.61. The van der Waals surface area contributed by atoms with Crippen LogP contribution in [0.3, 0.4) is 0 Å². The SMILES string of the molecule is COc1ccc2c(c1)CC[C@@H]1[C@@H]2CC[C@@]2(C)[C@H]1CCC2(O)C#Cc1cn(Cc2ccccc2)nn1. The Bertz CT molecular complexity index is 1290. The Morgan fingerprint density at radius 2 is 1.97 bits per heavy atom. The van der Waals surface area contributed by atoms with Crippen molar-refractivity contribution < 1.29 is 9.84 Å². The molecule has 180 valence electrons. The third-order valence-corrected chi connectivity index (χ3v) is 9.21. The van der Waals surface area contributed by atoms with Gasteiger partial charge < -0.3 is 9.84 Å². The highest BCUT2D eigenvalue weighted by Crippen LogP contribution is 2.64. The van der Waals surface area contributed by atoms with Crippen LogP contribution in [0, 0.1) is 29.1 Å². The molecule has 0 spiro atoms. The Morgan fingerprint density at radius 3 is 2.80 bits per heavy atom. The molecule has 1 aromatic heterocycles. The summed E-state index contributed by atoms with van der Waals surface area (Å²) >= 11 is 0. The second-order valence-electron chi connectivity index (χ2n) is 10.9. The first-order valence-corrected chi connectivity index (χ1v) is 12.9. The summed E-state index contributed by atoms with van der Waals surface area (Å²) in [5.41, 5.74) is 3.57. The second kappa shape index (κ2) is 8.53. The van der Waals surface area contributed by atoms with Crippen LogP contribution in [-0.2, 0) is 13.0 Å². The highest BCUT2D eigenvalue weighted by atomic mass is 16.5. The standard InChI is InChI=1S/C30H33N3O2/c1-29-15-13-26-25-11-9-24(35-2)18-22(25)8-10-27(26)28(29)14-17-30(29,34)16-12-23-20-33(32-31-23)19-21-6-4-3-5-7-21/h3-7,9,11,18,20,26-28,34H,8,10,13-15,17,19H2,1-2H3/t26-,27-,28+,29+,30?/m1/s1. The van der Waals surface area contributed by atoms with Gasteiger partial charge in [0.05, 0.1) is 19.9 Å². The molecule has 5 heteroatoms. The molecular weight excluding hydrogens is 434 g/mol. The zero-order valence-electron chi connectivity index (χ0n) is 20.6. The Kier molecular flexibility index (Phi) is 5.45. The van der Waals surface area contributed by atoms with Crippen LogP contribution in [0.15, 0.2) is 54.7 Å². The van der Waals surface area contributed by atoms with E-state index in [0.29, 0.717) is 30.0 Å². The number of aryl methyl sites for hydroxylation is 1. The molecule has 5 nitrogen and oxygen atoms in total. The van der Waals surface area contributed by atoms with E-state index in [4.69, 9.17) is 4.74 Å². The fourth-order valence-corrected chi connectivity index (χ4v) is 7.28. The Morgan fingerprint density at radius 1 is 1.11 bits per heavy atom. The number of hydrogen-bond donors (Lipinski definition) is 1. The van der Waals surface area contributed by atoms with Gasteiger partial charge in [-0.2, -0.15) is 0 Å². The maximum atomic E-state index is 11.9. The summed E-state index contributed by atoms with van der Waals surface area (Å²) in [6.07, 6.45) is 8.02. The summed E-state index contributed by atoms with van der Waals surface area (Å²) in [7, 11) is 1.74. The number of aliphatic hydroxyl groups is 1. The average Bonchev–Trinajstić information content (AvgIpc) is 3.44. The van der Waals surface area contributed by atoms with Crippen LogP contribution in [0.4, 0.5) is 0 Å². The molecule has 2 saturated carbocycles. The van der Waals surface area contributed by atoms with Gasteiger partial charge in [-0.15, -0.1) is 5.10 Å². The van der Waals surface area contributed by atoms with Gasteiger partial charge in [0.25, 0.3) is 0 Å². The van der Waals surface area contributed by atoms with E-state index in [1.165, 1.54) is 23.1 Å². The third-order valence-electron chi connectivity index (χ3n) is 9.21. The van der Waals surface area contributed by atoms with Crippen LogP contribution < -0.4 is 4.74 Å². The molecule has 3 aromatic rings. The first-order valence-electron chi connectivity index (χ1n) is 12.9. The molecule has 1 heterocycles. The molecule has 0 bridgehead atoms. The van der Waals surface area contributed by atoms with Crippen LogP contribution in [0.1, 0.15) is 67.3 Å². The number of methoxy groups -OCH3 is 1. The first-order chi connectivity index (χ1) is 17.0. The minimum atomic E-state index is -0.980. The van der Waals surface area contributed by atoms with Crippen molar-refractivity contribution in [1.29, 1.82) is 0 Å².